The Balaban J connectivity index is 0.000000620. The van der Waals surface area contributed by atoms with Crippen LogP contribution in [0.5, 0.6) is 0 Å². The van der Waals surface area contributed by atoms with Gasteiger partial charge in [0.2, 0.25) is 0 Å². The lowest BCUT2D eigenvalue weighted by molar-refractivity contribution is -0.229. The normalized spacial score (nSPS) is 42.6. The second kappa shape index (κ2) is 11.7. The van der Waals surface area contributed by atoms with Crippen molar-refractivity contribution >= 4 is 11.6 Å². The fraction of sp³-hybridized carbons (Fsp3) is 0.840. The number of ketones is 2. The topological polar surface area (TPSA) is 93.1 Å². The van der Waals surface area contributed by atoms with E-state index in [2.05, 4.69) is 11.3 Å². The van der Waals surface area contributed by atoms with Crippen LogP contribution in [0.1, 0.15) is 60.3 Å². The molecule has 180 valence electrons. The van der Waals surface area contributed by atoms with Gasteiger partial charge in [-0.15, -0.1) is 0 Å². The predicted octanol–water partition coefficient (Wildman–Crippen LogP) is 3.43. The van der Waals surface area contributed by atoms with Gasteiger partial charge in [0.1, 0.15) is 5.78 Å². The Morgan fingerprint density at radius 2 is 1.55 bits per heavy atom. The number of hydrogen-bond acceptors (Lipinski definition) is 6. The maximum Gasteiger partial charge on any atom is 0.170 e. The summed E-state index contributed by atoms with van der Waals surface area (Å²) < 4.78 is 9.93. The summed E-state index contributed by atoms with van der Waals surface area (Å²) in [5, 5.41) is 22.0. The molecular formula is C25H44O6. The summed E-state index contributed by atoms with van der Waals surface area (Å²) in [7, 11) is 4.80. The van der Waals surface area contributed by atoms with Crippen molar-refractivity contribution in [1.29, 1.82) is 0 Å². The number of carbonyl (C=O) groups is 2. The van der Waals surface area contributed by atoms with Crippen molar-refractivity contribution in [3.63, 3.8) is 0 Å². The summed E-state index contributed by atoms with van der Waals surface area (Å²) in [4.78, 5) is 25.9. The van der Waals surface area contributed by atoms with Crippen LogP contribution in [0, 0.1) is 35.0 Å². The van der Waals surface area contributed by atoms with Crippen LogP contribution in [-0.4, -0.2) is 61.4 Å². The molecule has 0 heterocycles. The third kappa shape index (κ3) is 4.17. The molecule has 4 aliphatic rings. The molecule has 6 heteroatoms. The highest BCUT2D eigenvalue weighted by atomic mass is 16.5. The molecule has 0 amide bonds. The fourth-order valence-electron chi connectivity index (χ4n) is 6.58. The van der Waals surface area contributed by atoms with E-state index in [1.165, 1.54) is 0 Å². The van der Waals surface area contributed by atoms with Crippen molar-refractivity contribution in [2.24, 2.45) is 35.0 Å². The van der Waals surface area contributed by atoms with Crippen LogP contribution in [0.2, 0.25) is 0 Å². The van der Waals surface area contributed by atoms with Gasteiger partial charge in [-0.2, -0.15) is 0 Å². The van der Waals surface area contributed by atoms with E-state index < -0.39 is 23.7 Å². The zero-order valence-electron chi connectivity index (χ0n) is 20.7. The van der Waals surface area contributed by atoms with Crippen molar-refractivity contribution < 1.29 is 29.3 Å². The van der Waals surface area contributed by atoms with Crippen molar-refractivity contribution in [1.82, 2.24) is 0 Å². The molecule has 0 saturated heterocycles. The van der Waals surface area contributed by atoms with Crippen molar-refractivity contribution in [3.8, 4) is 0 Å². The molecule has 0 aliphatic heterocycles. The molecule has 9 unspecified atom stereocenters. The summed E-state index contributed by atoms with van der Waals surface area (Å²) in [5.41, 5.74) is -0.715. The molecule has 4 saturated carbocycles. The predicted molar refractivity (Wildman–Crippen MR) is 122 cm³/mol. The standard InChI is InChI=1S/C19H26O5.C2H6O.2C2H6/c1-8-4-7-12(20)14-11-6-5-10-9(2)16(22)19(11,18(10)24-3)17(23)15(21)13(8)14;1-3-2;2*1-2/h8,10-11,13-15,17-18,21,23H,2,4-7H2,1,3H3;1-2H3;2*1-2H3. The monoisotopic (exact) mass is 440 g/mol. The van der Waals surface area contributed by atoms with Crippen LogP contribution in [0.3, 0.4) is 0 Å². The second-order valence-corrected chi connectivity index (χ2v) is 8.66. The Bertz CT molecular complexity index is 632. The molecule has 0 radical (unpaired) electrons. The highest BCUT2D eigenvalue weighted by Crippen LogP contribution is 2.65. The summed E-state index contributed by atoms with van der Waals surface area (Å²) in [5.74, 6) is -0.913. The highest BCUT2D eigenvalue weighted by molar-refractivity contribution is 6.05. The van der Waals surface area contributed by atoms with Crippen LogP contribution in [-0.2, 0) is 19.1 Å². The molecule has 6 nitrogen and oxygen atoms in total. The van der Waals surface area contributed by atoms with Crippen LogP contribution in [0.25, 0.3) is 0 Å². The Morgan fingerprint density at radius 1 is 1.00 bits per heavy atom. The van der Waals surface area contributed by atoms with Crippen LogP contribution >= 0.6 is 0 Å². The van der Waals surface area contributed by atoms with Crippen LogP contribution in [0.15, 0.2) is 12.2 Å². The van der Waals surface area contributed by atoms with E-state index in [-0.39, 0.29) is 41.2 Å². The third-order valence-corrected chi connectivity index (χ3v) is 7.56. The van der Waals surface area contributed by atoms with Gasteiger partial charge in [0, 0.05) is 39.6 Å². The number of methoxy groups -OCH3 is 2. The van der Waals surface area contributed by atoms with Gasteiger partial charge in [-0.05, 0) is 42.6 Å². The van der Waals surface area contributed by atoms with E-state index in [9.17, 15) is 19.8 Å². The zero-order chi connectivity index (χ0) is 24.1. The van der Waals surface area contributed by atoms with Crippen molar-refractivity contribution in [3.05, 3.63) is 12.2 Å². The first-order valence-electron chi connectivity index (χ1n) is 11.8. The van der Waals surface area contributed by atoms with Gasteiger partial charge in [0.25, 0.3) is 0 Å². The Morgan fingerprint density at radius 3 is 2.06 bits per heavy atom. The van der Waals surface area contributed by atoms with Gasteiger partial charge >= 0.3 is 0 Å². The second-order valence-electron chi connectivity index (χ2n) is 8.66. The molecule has 4 rings (SSSR count). The molecule has 31 heavy (non-hydrogen) atoms. The van der Waals surface area contributed by atoms with E-state index in [0.717, 1.165) is 12.8 Å². The molecule has 0 aromatic carbocycles. The number of fused-ring (bicyclic) bond motifs is 3. The van der Waals surface area contributed by atoms with E-state index in [1.807, 2.05) is 34.6 Å². The molecule has 0 aromatic rings. The average molecular weight is 441 g/mol. The molecule has 2 N–H and O–H groups in total. The minimum atomic E-state index is -1.21. The highest BCUT2D eigenvalue weighted by Gasteiger charge is 2.73. The molecule has 4 fully saturated rings. The smallest absolute Gasteiger partial charge is 0.170 e. The van der Waals surface area contributed by atoms with Crippen molar-refractivity contribution in [2.45, 2.75) is 78.6 Å². The zero-order valence-corrected chi connectivity index (χ0v) is 20.7. The Kier molecular flexibility index (Phi) is 10.5. The number of carbonyl (C=O) groups excluding carboxylic acids is 2. The molecule has 0 aromatic heterocycles. The lowest BCUT2D eigenvalue weighted by Gasteiger charge is -2.59. The molecule has 1 spiro atoms. The summed E-state index contributed by atoms with van der Waals surface area (Å²) in [6.45, 7) is 14.0. The Hall–Kier alpha value is -1.08. The number of Topliss-reactive ketones (excluding diaryl/α,β-unsaturated/α-hetero) is 2. The number of aliphatic hydroxyl groups is 2. The third-order valence-electron chi connectivity index (χ3n) is 7.56. The molecule has 2 bridgehead atoms. The molecular weight excluding hydrogens is 396 g/mol. The van der Waals surface area contributed by atoms with E-state index in [0.29, 0.717) is 18.4 Å². The van der Waals surface area contributed by atoms with Crippen LogP contribution in [0.4, 0.5) is 0 Å². The first-order chi connectivity index (χ1) is 14.8. The first-order valence-corrected chi connectivity index (χ1v) is 11.8. The summed E-state index contributed by atoms with van der Waals surface area (Å²) in [6, 6.07) is 0. The number of rotatable bonds is 1. The minimum Gasteiger partial charge on any atom is -0.390 e. The number of ether oxygens (including phenoxy) is 2. The van der Waals surface area contributed by atoms with Gasteiger partial charge in [-0.3, -0.25) is 9.59 Å². The summed E-state index contributed by atoms with van der Waals surface area (Å²) >= 11 is 0. The largest absolute Gasteiger partial charge is 0.390 e. The lowest BCUT2D eigenvalue weighted by atomic mass is 9.46. The van der Waals surface area contributed by atoms with Crippen molar-refractivity contribution in [2.75, 3.05) is 21.3 Å². The average Bonchev–Trinajstić information content (AvgIpc) is 2.93. The van der Waals surface area contributed by atoms with E-state index in [4.69, 9.17) is 4.74 Å². The fourth-order valence-corrected chi connectivity index (χ4v) is 6.58. The SMILES string of the molecule is C=C1C(=O)C23C(O)C(O)C4C(C)CCC(=O)C4C2CCC1C3OC.CC.CC.COC. The van der Waals surface area contributed by atoms with Crippen LogP contribution < -0.4 is 0 Å². The molecule has 9 atom stereocenters. The molecule has 4 aliphatic carbocycles. The Labute approximate surface area is 188 Å². The maximum absolute atomic E-state index is 13.2. The maximum atomic E-state index is 13.2. The quantitative estimate of drug-likeness (QED) is 0.607. The summed E-state index contributed by atoms with van der Waals surface area (Å²) in [6.07, 6.45) is -0.0729. The first kappa shape index (κ1) is 28.0. The van der Waals surface area contributed by atoms with Gasteiger partial charge < -0.3 is 19.7 Å². The van der Waals surface area contributed by atoms with E-state index in [1.54, 1.807) is 21.3 Å². The van der Waals surface area contributed by atoms with Gasteiger partial charge in [-0.25, -0.2) is 0 Å². The van der Waals surface area contributed by atoms with Gasteiger partial charge in [0.15, 0.2) is 5.78 Å². The number of aliphatic hydroxyl groups excluding tert-OH is 2. The number of hydrogen-bond donors (Lipinski definition) is 2. The minimum absolute atomic E-state index is 0.117. The van der Waals surface area contributed by atoms with Gasteiger partial charge in [-0.1, -0.05) is 41.2 Å². The lowest BCUT2D eigenvalue weighted by Crippen LogP contribution is -2.69. The van der Waals surface area contributed by atoms with E-state index >= 15 is 0 Å². The van der Waals surface area contributed by atoms with Gasteiger partial charge in [0.05, 0.1) is 23.7 Å².